The fourth-order valence-corrected chi connectivity index (χ4v) is 2.97. The maximum absolute atomic E-state index is 12.6. The Hall–Kier alpha value is -3.66. The molecule has 4 heteroatoms. The van der Waals surface area contributed by atoms with Crippen LogP contribution in [0.3, 0.4) is 0 Å². The maximum Gasteiger partial charge on any atom is 0.255 e. The first-order valence-electron chi connectivity index (χ1n) is 8.65. The number of nitrogens with one attached hydrogen (secondary N) is 1. The van der Waals surface area contributed by atoms with Crippen LogP contribution in [-0.4, -0.2) is 18.0 Å². The second-order valence-corrected chi connectivity index (χ2v) is 6.12. The van der Waals surface area contributed by atoms with Crippen LogP contribution < -0.4 is 10.1 Å². The van der Waals surface area contributed by atoms with Gasteiger partial charge in [0.1, 0.15) is 5.75 Å². The Morgan fingerprint density at radius 3 is 2.41 bits per heavy atom. The number of fused-ring (bicyclic) bond motifs is 1. The molecule has 0 radical (unpaired) electrons. The van der Waals surface area contributed by atoms with E-state index in [0.717, 1.165) is 27.8 Å². The summed E-state index contributed by atoms with van der Waals surface area (Å²) in [7, 11) is 1.60. The monoisotopic (exact) mass is 354 g/mol. The molecule has 132 valence electrons. The van der Waals surface area contributed by atoms with E-state index < -0.39 is 0 Å². The first-order valence-corrected chi connectivity index (χ1v) is 8.65. The molecule has 1 N–H and O–H groups in total. The van der Waals surface area contributed by atoms with E-state index in [4.69, 9.17) is 9.72 Å². The summed E-state index contributed by atoms with van der Waals surface area (Å²) in [5, 5.41) is 4.08. The number of benzene rings is 3. The number of aromatic nitrogens is 1. The zero-order chi connectivity index (χ0) is 18.6. The molecule has 0 atom stereocenters. The van der Waals surface area contributed by atoms with Crippen molar-refractivity contribution >= 4 is 22.5 Å². The number of pyridine rings is 1. The van der Waals surface area contributed by atoms with Crippen LogP contribution in [0.15, 0.2) is 84.9 Å². The fourth-order valence-electron chi connectivity index (χ4n) is 2.97. The highest BCUT2D eigenvalue weighted by molar-refractivity contribution is 6.06. The predicted molar refractivity (Wildman–Crippen MR) is 108 cm³/mol. The molecule has 0 aliphatic heterocycles. The van der Waals surface area contributed by atoms with Crippen molar-refractivity contribution in [2.45, 2.75) is 0 Å². The number of rotatable bonds is 4. The van der Waals surface area contributed by atoms with Gasteiger partial charge < -0.3 is 10.1 Å². The third-order valence-electron chi connectivity index (χ3n) is 4.40. The van der Waals surface area contributed by atoms with E-state index in [1.807, 2.05) is 60.7 Å². The van der Waals surface area contributed by atoms with Crippen LogP contribution in [0, 0.1) is 0 Å². The Kier molecular flexibility index (Phi) is 4.54. The first-order chi connectivity index (χ1) is 13.2. The molecule has 4 nitrogen and oxygen atoms in total. The van der Waals surface area contributed by atoms with E-state index in [1.165, 1.54) is 0 Å². The van der Waals surface area contributed by atoms with Gasteiger partial charge in [-0.15, -0.1) is 0 Å². The van der Waals surface area contributed by atoms with E-state index in [2.05, 4.69) is 5.32 Å². The second kappa shape index (κ2) is 7.30. The van der Waals surface area contributed by atoms with Gasteiger partial charge in [0.05, 0.1) is 24.0 Å². The highest BCUT2D eigenvalue weighted by atomic mass is 16.5. The standard InChI is InChI=1S/C23H18N2O2/c1-27-18-13-10-17(11-14-18)23(26)25-21-9-5-3-7-19(21)22-15-12-16-6-2-4-8-20(16)24-22/h2-15H,1H3,(H,25,26). The fraction of sp³-hybridized carbons (Fsp3) is 0.0435. The molecule has 1 aromatic heterocycles. The van der Waals surface area contributed by atoms with E-state index in [-0.39, 0.29) is 5.91 Å². The zero-order valence-electron chi connectivity index (χ0n) is 14.8. The van der Waals surface area contributed by atoms with Crippen molar-refractivity contribution < 1.29 is 9.53 Å². The molecular formula is C23H18N2O2. The van der Waals surface area contributed by atoms with Crippen molar-refractivity contribution in [2.24, 2.45) is 0 Å². The van der Waals surface area contributed by atoms with Crippen molar-refractivity contribution in [3.63, 3.8) is 0 Å². The zero-order valence-corrected chi connectivity index (χ0v) is 14.8. The summed E-state index contributed by atoms with van der Waals surface area (Å²) in [4.78, 5) is 17.4. The molecule has 0 aliphatic rings. The Morgan fingerprint density at radius 2 is 1.59 bits per heavy atom. The Bertz CT molecular complexity index is 1100. The van der Waals surface area contributed by atoms with E-state index in [9.17, 15) is 4.79 Å². The van der Waals surface area contributed by atoms with Crippen LogP contribution >= 0.6 is 0 Å². The quantitative estimate of drug-likeness (QED) is 0.550. The van der Waals surface area contributed by atoms with Crippen molar-refractivity contribution in [1.29, 1.82) is 0 Å². The number of hydrogen-bond donors (Lipinski definition) is 1. The molecule has 0 saturated heterocycles. The van der Waals surface area contributed by atoms with Gasteiger partial charge in [-0.1, -0.05) is 42.5 Å². The van der Waals surface area contributed by atoms with Crippen molar-refractivity contribution in [3.8, 4) is 17.0 Å². The van der Waals surface area contributed by atoms with Gasteiger partial charge in [-0.05, 0) is 42.5 Å². The van der Waals surface area contributed by atoms with Gasteiger partial charge in [-0.3, -0.25) is 4.79 Å². The lowest BCUT2D eigenvalue weighted by Crippen LogP contribution is -2.12. The number of ether oxygens (including phenoxy) is 1. The summed E-state index contributed by atoms with van der Waals surface area (Å²) in [6.07, 6.45) is 0. The SMILES string of the molecule is COc1ccc(C(=O)Nc2ccccc2-c2ccc3ccccc3n2)cc1. The van der Waals surface area contributed by atoms with Crippen LogP contribution in [-0.2, 0) is 0 Å². The molecule has 3 aromatic carbocycles. The van der Waals surface area contributed by atoms with Crippen LogP contribution in [0.4, 0.5) is 5.69 Å². The molecule has 0 saturated carbocycles. The minimum absolute atomic E-state index is 0.175. The van der Waals surface area contributed by atoms with Gasteiger partial charge in [0.15, 0.2) is 0 Å². The first kappa shape index (κ1) is 16.8. The summed E-state index contributed by atoms with van der Waals surface area (Å²) in [5.74, 6) is 0.540. The van der Waals surface area contributed by atoms with E-state index >= 15 is 0 Å². The topological polar surface area (TPSA) is 51.2 Å². The number of methoxy groups -OCH3 is 1. The smallest absolute Gasteiger partial charge is 0.255 e. The lowest BCUT2D eigenvalue weighted by atomic mass is 10.1. The number of nitrogens with zero attached hydrogens (tertiary/aromatic N) is 1. The van der Waals surface area contributed by atoms with Gasteiger partial charge in [0, 0.05) is 16.5 Å². The van der Waals surface area contributed by atoms with Crippen LogP contribution in [0.2, 0.25) is 0 Å². The van der Waals surface area contributed by atoms with Crippen LogP contribution in [0.5, 0.6) is 5.75 Å². The minimum atomic E-state index is -0.175. The molecule has 4 aromatic rings. The lowest BCUT2D eigenvalue weighted by molar-refractivity contribution is 0.102. The average Bonchev–Trinajstić information content (AvgIpc) is 2.74. The van der Waals surface area contributed by atoms with Gasteiger partial charge in [0.25, 0.3) is 5.91 Å². The highest BCUT2D eigenvalue weighted by Gasteiger charge is 2.11. The molecule has 1 amide bonds. The molecule has 0 fully saturated rings. The number of carbonyl (C=O) groups excluding carboxylic acids is 1. The number of amides is 1. The average molecular weight is 354 g/mol. The number of hydrogen-bond acceptors (Lipinski definition) is 3. The lowest BCUT2D eigenvalue weighted by Gasteiger charge is -2.12. The van der Waals surface area contributed by atoms with E-state index in [1.54, 1.807) is 31.4 Å². The summed E-state index contributed by atoms with van der Waals surface area (Å²) < 4.78 is 5.14. The molecule has 1 heterocycles. The van der Waals surface area contributed by atoms with Crippen molar-refractivity contribution in [1.82, 2.24) is 4.98 Å². The Balaban J connectivity index is 1.66. The minimum Gasteiger partial charge on any atom is -0.497 e. The largest absolute Gasteiger partial charge is 0.497 e. The summed E-state index contributed by atoms with van der Waals surface area (Å²) in [6, 6.07) is 26.7. The maximum atomic E-state index is 12.6. The molecule has 0 aliphatic carbocycles. The number of para-hydroxylation sites is 2. The van der Waals surface area contributed by atoms with Gasteiger partial charge in [-0.25, -0.2) is 4.98 Å². The Morgan fingerprint density at radius 1 is 0.852 bits per heavy atom. The molecule has 0 unspecified atom stereocenters. The van der Waals surface area contributed by atoms with Crippen LogP contribution in [0.1, 0.15) is 10.4 Å². The van der Waals surface area contributed by atoms with Crippen molar-refractivity contribution in [3.05, 3.63) is 90.5 Å². The third kappa shape index (κ3) is 3.51. The van der Waals surface area contributed by atoms with Crippen LogP contribution in [0.25, 0.3) is 22.2 Å². The molecular weight excluding hydrogens is 336 g/mol. The second-order valence-electron chi connectivity index (χ2n) is 6.12. The van der Waals surface area contributed by atoms with Gasteiger partial charge in [-0.2, -0.15) is 0 Å². The Labute approximate surface area is 157 Å². The number of anilines is 1. The normalized spacial score (nSPS) is 10.6. The molecule has 27 heavy (non-hydrogen) atoms. The van der Waals surface area contributed by atoms with E-state index in [0.29, 0.717) is 11.3 Å². The predicted octanol–water partition coefficient (Wildman–Crippen LogP) is 5.16. The van der Waals surface area contributed by atoms with Gasteiger partial charge >= 0.3 is 0 Å². The summed E-state index contributed by atoms with van der Waals surface area (Å²) >= 11 is 0. The summed E-state index contributed by atoms with van der Waals surface area (Å²) in [6.45, 7) is 0. The third-order valence-corrected chi connectivity index (χ3v) is 4.40. The molecule has 0 bridgehead atoms. The molecule has 4 rings (SSSR count). The summed E-state index contributed by atoms with van der Waals surface area (Å²) in [5.41, 5.74) is 3.91. The number of carbonyl (C=O) groups is 1. The van der Waals surface area contributed by atoms with Gasteiger partial charge in [0.2, 0.25) is 0 Å². The highest BCUT2D eigenvalue weighted by Crippen LogP contribution is 2.28. The van der Waals surface area contributed by atoms with Crippen molar-refractivity contribution in [2.75, 3.05) is 12.4 Å². The molecule has 0 spiro atoms.